The van der Waals surface area contributed by atoms with Crippen LogP contribution in [-0.2, 0) is 4.74 Å². The van der Waals surface area contributed by atoms with Crippen LogP contribution in [0.4, 0.5) is 0 Å². The highest BCUT2D eigenvalue weighted by atomic mass is 32.2. The first-order chi connectivity index (χ1) is 7.93. The van der Waals surface area contributed by atoms with E-state index in [9.17, 15) is 0 Å². The maximum atomic E-state index is 5.64. The molecule has 0 saturated carbocycles. The molecule has 1 atom stereocenters. The Morgan fingerprint density at radius 2 is 2.06 bits per heavy atom. The molecule has 0 N–H and O–H groups in total. The maximum absolute atomic E-state index is 5.64. The van der Waals surface area contributed by atoms with Gasteiger partial charge in [0.25, 0.3) is 0 Å². The molecule has 2 nitrogen and oxygen atoms in total. The third-order valence-corrected chi connectivity index (χ3v) is 3.78. The third-order valence-electron chi connectivity index (χ3n) is 2.66. The molecule has 1 aromatic heterocycles. The molecule has 0 amide bonds. The van der Waals surface area contributed by atoms with Crippen molar-refractivity contribution in [2.45, 2.75) is 5.44 Å². The smallest absolute Gasteiger partial charge is 0.130 e. The van der Waals surface area contributed by atoms with Crippen LogP contribution in [0, 0.1) is 0 Å². The minimum Gasteiger partial charge on any atom is -0.362 e. The summed E-state index contributed by atoms with van der Waals surface area (Å²) in [5, 5.41) is 0. The number of hydrogen-bond donors (Lipinski definition) is 0. The normalized spacial score (nSPS) is 20.1. The van der Waals surface area contributed by atoms with Crippen molar-refractivity contribution < 1.29 is 4.74 Å². The van der Waals surface area contributed by atoms with Crippen molar-refractivity contribution in [3.8, 4) is 5.69 Å². The standard InChI is InChI=1S/C13H13NOS/c1-2-4-12(5-3-1)14-7-6-11(10-14)13-15-8-9-16-13/h1-7,10,13H,8-9H2/t13-/m0/s1. The first-order valence-electron chi connectivity index (χ1n) is 5.40. The number of rotatable bonds is 2. The summed E-state index contributed by atoms with van der Waals surface area (Å²) < 4.78 is 7.77. The molecule has 0 aliphatic carbocycles. The Bertz CT molecular complexity index is 460. The van der Waals surface area contributed by atoms with Gasteiger partial charge >= 0.3 is 0 Å². The molecule has 1 aromatic carbocycles. The summed E-state index contributed by atoms with van der Waals surface area (Å²) in [5.41, 5.74) is 2.67. The number of ether oxygens (including phenoxy) is 1. The number of nitrogens with zero attached hydrogens (tertiary/aromatic N) is 1. The second kappa shape index (κ2) is 4.36. The van der Waals surface area contributed by atoms with Gasteiger partial charge in [0.1, 0.15) is 5.44 Å². The van der Waals surface area contributed by atoms with Gasteiger partial charge in [-0.3, -0.25) is 0 Å². The predicted molar refractivity (Wildman–Crippen MR) is 66.9 cm³/mol. The Kier molecular flexibility index (Phi) is 2.72. The molecule has 1 aliphatic rings. The van der Waals surface area contributed by atoms with Gasteiger partial charge in [0.05, 0.1) is 6.61 Å². The lowest BCUT2D eigenvalue weighted by atomic mass is 10.3. The van der Waals surface area contributed by atoms with Crippen LogP contribution in [-0.4, -0.2) is 16.9 Å². The fourth-order valence-corrected chi connectivity index (χ4v) is 2.79. The monoisotopic (exact) mass is 231 g/mol. The lowest BCUT2D eigenvalue weighted by Crippen LogP contribution is -1.92. The van der Waals surface area contributed by atoms with E-state index in [1.165, 1.54) is 11.3 Å². The van der Waals surface area contributed by atoms with Gasteiger partial charge in [-0.25, -0.2) is 0 Å². The quantitative estimate of drug-likeness (QED) is 0.787. The number of aromatic nitrogens is 1. The Balaban J connectivity index is 1.87. The van der Waals surface area contributed by atoms with E-state index in [-0.39, 0.29) is 5.44 Å². The average molecular weight is 231 g/mol. The van der Waals surface area contributed by atoms with Crippen molar-refractivity contribution in [3.05, 3.63) is 54.4 Å². The molecule has 1 saturated heterocycles. The lowest BCUT2D eigenvalue weighted by molar-refractivity contribution is 0.145. The highest BCUT2D eigenvalue weighted by Gasteiger charge is 2.19. The summed E-state index contributed by atoms with van der Waals surface area (Å²) in [6.45, 7) is 0.867. The summed E-state index contributed by atoms with van der Waals surface area (Å²) in [7, 11) is 0. The number of hydrogen-bond acceptors (Lipinski definition) is 2. The van der Waals surface area contributed by atoms with E-state index in [4.69, 9.17) is 4.74 Å². The van der Waals surface area contributed by atoms with Gasteiger partial charge in [-0.05, 0) is 18.2 Å². The molecule has 2 aromatic rings. The van der Waals surface area contributed by atoms with Gasteiger partial charge in [-0.1, -0.05) is 18.2 Å². The largest absolute Gasteiger partial charge is 0.362 e. The molecular formula is C13H13NOS. The van der Waals surface area contributed by atoms with Crippen molar-refractivity contribution in [2.75, 3.05) is 12.4 Å². The summed E-state index contributed by atoms with van der Waals surface area (Å²) in [6.07, 6.45) is 4.24. The molecule has 0 radical (unpaired) electrons. The van der Waals surface area contributed by atoms with Crippen LogP contribution < -0.4 is 0 Å². The number of thioether (sulfide) groups is 1. The molecule has 3 rings (SSSR count). The molecule has 0 bridgehead atoms. The highest BCUT2D eigenvalue weighted by molar-refractivity contribution is 7.99. The number of para-hydroxylation sites is 1. The van der Waals surface area contributed by atoms with Crippen molar-refractivity contribution in [1.29, 1.82) is 0 Å². The average Bonchev–Trinajstić information content (AvgIpc) is 3.01. The molecule has 1 aliphatic heterocycles. The topological polar surface area (TPSA) is 14.2 Å². The minimum atomic E-state index is 0.227. The summed E-state index contributed by atoms with van der Waals surface area (Å²) in [5.74, 6) is 1.10. The fourth-order valence-electron chi connectivity index (χ4n) is 1.86. The Morgan fingerprint density at radius 1 is 1.19 bits per heavy atom. The van der Waals surface area contributed by atoms with E-state index in [1.807, 2.05) is 17.8 Å². The van der Waals surface area contributed by atoms with Crippen LogP contribution in [0.25, 0.3) is 5.69 Å². The van der Waals surface area contributed by atoms with Crippen LogP contribution in [0.15, 0.2) is 48.8 Å². The summed E-state index contributed by atoms with van der Waals surface area (Å²) in [4.78, 5) is 0. The van der Waals surface area contributed by atoms with Gasteiger partial charge < -0.3 is 9.30 Å². The molecule has 82 valence electrons. The molecule has 1 fully saturated rings. The molecule has 3 heteroatoms. The van der Waals surface area contributed by atoms with Gasteiger partial charge in [-0.2, -0.15) is 0 Å². The van der Waals surface area contributed by atoms with Crippen LogP contribution in [0.2, 0.25) is 0 Å². The Labute approximate surface area is 99.2 Å². The molecular weight excluding hydrogens is 218 g/mol. The van der Waals surface area contributed by atoms with Crippen LogP contribution in [0.5, 0.6) is 0 Å². The highest BCUT2D eigenvalue weighted by Crippen LogP contribution is 2.35. The summed E-state index contributed by atoms with van der Waals surface area (Å²) >= 11 is 1.87. The minimum absolute atomic E-state index is 0.227. The molecule has 16 heavy (non-hydrogen) atoms. The maximum Gasteiger partial charge on any atom is 0.130 e. The number of benzene rings is 1. The van der Waals surface area contributed by atoms with E-state index in [0.717, 1.165) is 12.4 Å². The van der Waals surface area contributed by atoms with Gasteiger partial charge in [0, 0.05) is 29.4 Å². The van der Waals surface area contributed by atoms with E-state index in [1.54, 1.807) is 0 Å². The van der Waals surface area contributed by atoms with Gasteiger partial charge in [0.15, 0.2) is 0 Å². The predicted octanol–water partition coefficient (Wildman–Crippen LogP) is 3.24. The van der Waals surface area contributed by atoms with Crippen molar-refractivity contribution in [1.82, 2.24) is 4.57 Å². The molecule has 0 spiro atoms. The first-order valence-corrected chi connectivity index (χ1v) is 6.45. The zero-order valence-corrected chi connectivity index (χ0v) is 9.69. The van der Waals surface area contributed by atoms with Crippen molar-refractivity contribution in [3.63, 3.8) is 0 Å². The molecule has 2 heterocycles. The second-order valence-electron chi connectivity index (χ2n) is 3.76. The third kappa shape index (κ3) is 1.88. The zero-order chi connectivity index (χ0) is 10.8. The Hall–Kier alpha value is -1.19. The fraction of sp³-hybridized carbons (Fsp3) is 0.231. The molecule has 0 unspecified atom stereocenters. The van der Waals surface area contributed by atoms with E-state index < -0.39 is 0 Å². The second-order valence-corrected chi connectivity index (χ2v) is 4.93. The first kappa shape index (κ1) is 10.00. The van der Waals surface area contributed by atoms with Crippen LogP contribution in [0.1, 0.15) is 11.0 Å². The van der Waals surface area contributed by atoms with Crippen molar-refractivity contribution >= 4 is 11.8 Å². The van der Waals surface area contributed by atoms with E-state index >= 15 is 0 Å². The van der Waals surface area contributed by atoms with Gasteiger partial charge in [0.2, 0.25) is 0 Å². The lowest BCUT2D eigenvalue weighted by Gasteiger charge is -2.05. The van der Waals surface area contributed by atoms with E-state index in [2.05, 4.69) is 47.3 Å². The van der Waals surface area contributed by atoms with Crippen molar-refractivity contribution in [2.24, 2.45) is 0 Å². The Morgan fingerprint density at radius 3 is 2.81 bits per heavy atom. The van der Waals surface area contributed by atoms with Crippen LogP contribution >= 0.6 is 11.8 Å². The van der Waals surface area contributed by atoms with Gasteiger partial charge in [-0.15, -0.1) is 11.8 Å². The summed E-state index contributed by atoms with van der Waals surface area (Å²) in [6, 6.07) is 12.5. The SMILES string of the molecule is c1ccc(-n2ccc([C@H]3OCCS3)c2)cc1. The van der Waals surface area contributed by atoms with E-state index in [0.29, 0.717) is 0 Å². The zero-order valence-electron chi connectivity index (χ0n) is 8.87. The van der Waals surface area contributed by atoms with Crippen LogP contribution in [0.3, 0.4) is 0 Å².